The number of hydrogen-bond donors (Lipinski definition) is 1. The summed E-state index contributed by atoms with van der Waals surface area (Å²) in [7, 11) is 0. The Balaban J connectivity index is 1.98. The molecule has 0 amide bonds. The van der Waals surface area contributed by atoms with Crippen molar-refractivity contribution in [2.75, 3.05) is 19.6 Å². The van der Waals surface area contributed by atoms with E-state index in [1.807, 2.05) is 0 Å². The van der Waals surface area contributed by atoms with Gasteiger partial charge in [-0.1, -0.05) is 53.9 Å². The maximum absolute atomic E-state index is 3.82. The molecule has 0 spiro atoms. The molecule has 1 heterocycles. The molecule has 2 rings (SSSR count). The Kier molecular flexibility index (Phi) is 5.53. The monoisotopic (exact) mass is 280 g/mol. The van der Waals surface area contributed by atoms with Crippen LogP contribution in [0.15, 0.2) is 0 Å². The van der Waals surface area contributed by atoms with E-state index in [4.69, 9.17) is 0 Å². The Morgan fingerprint density at radius 1 is 1.10 bits per heavy atom. The van der Waals surface area contributed by atoms with E-state index in [1.54, 1.807) is 0 Å². The molecule has 2 aliphatic rings. The average molecular weight is 280 g/mol. The second-order valence-electron chi connectivity index (χ2n) is 8.60. The summed E-state index contributed by atoms with van der Waals surface area (Å²) in [6.45, 7) is 15.7. The van der Waals surface area contributed by atoms with E-state index >= 15 is 0 Å². The molecule has 2 heteroatoms. The fraction of sp³-hybridized carbons (Fsp3) is 1.00. The molecule has 1 saturated heterocycles. The van der Waals surface area contributed by atoms with Crippen LogP contribution < -0.4 is 5.32 Å². The highest BCUT2D eigenvalue weighted by Gasteiger charge is 2.36. The highest BCUT2D eigenvalue weighted by molar-refractivity contribution is 4.93. The van der Waals surface area contributed by atoms with Gasteiger partial charge in [0.15, 0.2) is 0 Å². The predicted octanol–water partition coefficient (Wildman–Crippen LogP) is 3.91. The number of nitrogens with one attached hydrogen (secondary N) is 1. The first-order valence-corrected chi connectivity index (χ1v) is 8.85. The molecule has 1 aliphatic heterocycles. The second-order valence-corrected chi connectivity index (χ2v) is 8.60. The van der Waals surface area contributed by atoms with Gasteiger partial charge in [0.25, 0.3) is 0 Å². The predicted molar refractivity (Wildman–Crippen MR) is 88.0 cm³/mol. The van der Waals surface area contributed by atoms with Gasteiger partial charge in [0, 0.05) is 31.7 Å². The average Bonchev–Trinajstić information content (AvgIpc) is 2.38. The minimum atomic E-state index is 0.368. The van der Waals surface area contributed by atoms with E-state index in [0.717, 1.165) is 17.9 Å². The highest BCUT2D eigenvalue weighted by Crippen LogP contribution is 2.29. The maximum Gasteiger partial charge on any atom is 0.0244 e. The van der Waals surface area contributed by atoms with E-state index < -0.39 is 0 Å². The summed E-state index contributed by atoms with van der Waals surface area (Å²) < 4.78 is 0. The van der Waals surface area contributed by atoms with Crippen molar-refractivity contribution in [2.24, 2.45) is 17.3 Å². The van der Waals surface area contributed by atoms with Crippen LogP contribution in [0.1, 0.15) is 66.7 Å². The van der Waals surface area contributed by atoms with Crippen LogP contribution in [0, 0.1) is 17.3 Å². The molecule has 0 aromatic rings. The molecule has 0 radical (unpaired) electrons. The van der Waals surface area contributed by atoms with Crippen LogP contribution in [0.4, 0.5) is 0 Å². The zero-order valence-electron chi connectivity index (χ0n) is 14.4. The van der Waals surface area contributed by atoms with Crippen LogP contribution in [-0.4, -0.2) is 36.6 Å². The first kappa shape index (κ1) is 16.3. The molecule has 0 bridgehead atoms. The molecule has 118 valence electrons. The minimum absolute atomic E-state index is 0.368. The van der Waals surface area contributed by atoms with Crippen molar-refractivity contribution in [3.8, 4) is 0 Å². The smallest absolute Gasteiger partial charge is 0.0244 e. The third kappa shape index (κ3) is 4.21. The molecular weight excluding hydrogens is 244 g/mol. The van der Waals surface area contributed by atoms with Crippen LogP contribution in [0.5, 0.6) is 0 Å². The molecule has 1 N–H and O–H groups in total. The molecule has 0 aromatic carbocycles. The molecule has 1 aliphatic carbocycles. The SMILES string of the molecule is CC(C)C1CNC(C(C)(C)C)CN1CC1CCCCC1. The van der Waals surface area contributed by atoms with Crippen molar-refractivity contribution < 1.29 is 0 Å². The normalized spacial score (nSPS) is 30.9. The summed E-state index contributed by atoms with van der Waals surface area (Å²) in [5, 5.41) is 3.82. The summed E-state index contributed by atoms with van der Waals surface area (Å²) >= 11 is 0. The molecule has 2 atom stereocenters. The van der Waals surface area contributed by atoms with Gasteiger partial charge in [-0.25, -0.2) is 0 Å². The zero-order valence-corrected chi connectivity index (χ0v) is 14.4. The van der Waals surface area contributed by atoms with Crippen LogP contribution in [0.2, 0.25) is 0 Å². The zero-order chi connectivity index (χ0) is 14.8. The summed E-state index contributed by atoms with van der Waals surface area (Å²) in [6, 6.07) is 1.37. The number of piperazine rings is 1. The second kappa shape index (κ2) is 6.79. The van der Waals surface area contributed by atoms with E-state index in [2.05, 4.69) is 44.8 Å². The Labute approximate surface area is 126 Å². The van der Waals surface area contributed by atoms with Gasteiger partial charge < -0.3 is 5.32 Å². The van der Waals surface area contributed by atoms with Crippen molar-refractivity contribution in [3.63, 3.8) is 0 Å². The summed E-state index contributed by atoms with van der Waals surface area (Å²) in [4.78, 5) is 2.83. The lowest BCUT2D eigenvalue weighted by atomic mass is 9.82. The largest absolute Gasteiger partial charge is 0.311 e. The maximum atomic E-state index is 3.82. The number of rotatable bonds is 3. The third-order valence-corrected chi connectivity index (χ3v) is 5.49. The van der Waals surface area contributed by atoms with Gasteiger partial charge in [0.1, 0.15) is 0 Å². The Morgan fingerprint density at radius 2 is 1.75 bits per heavy atom. The van der Waals surface area contributed by atoms with Crippen LogP contribution in [0.3, 0.4) is 0 Å². The first-order chi connectivity index (χ1) is 9.38. The van der Waals surface area contributed by atoms with Crippen molar-refractivity contribution in [1.82, 2.24) is 10.2 Å². The van der Waals surface area contributed by atoms with Crippen molar-refractivity contribution in [1.29, 1.82) is 0 Å². The Bertz CT molecular complexity index is 286. The van der Waals surface area contributed by atoms with Crippen LogP contribution >= 0.6 is 0 Å². The minimum Gasteiger partial charge on any atom is -0.311 e. The number of nitrogens with zero attached hydrogens (tertiary/aromatic N) is 1. The van der Waals surface area contributed by atoms with E-state index in [-0.39, 0.29) is 0 Å². The van der Waals surface area contributed by atoms with Gasteiger partial charge in [-0.2, -0.15) is 0 Å². The van der Waals surface area contributed by atoms with Gasteiger partial charge >= 0.3 is 0 Å². The summed E-state index contributed by atoms with van der Waals surface area (Å²) in [5.74, 6) is 1.72. The van der Waals surface area contributed by atoms with E-state index in [0.29, 0.717) is 11.5 Å². The quantitative estimate of drug-likeness (QED) is 0.843. The molecule has 2 fully saturated rings. The number of hydrogen-bond acceptors (Lipinski definition) is 2. The van der Waals surface area contributed by atoms with Crippen LogP contribution in [-0.2, 0) is 0 Å². The van der Waals surface area contributed by atoms with Gasteiger partial charge in [-0.05, 0) is 30.1 Å². The molecule has 0 aromatic heterocycles. The first-order valence-electron chi connectivity index (χ1n) is 8.85. The van der Waals surface area contributed by atoms with Crippen molar-refractivity contribution in [2.45, 2.75) is 78.8 Å². The van der Waals surface area contributed by atoms with Gasteiger partial charge in [-0.15, -0.1) is 0 Å². The van der Waals surface area contributed by atoms with Gasteiger partial charge in [-0.3, -0.25) is 4.90 Å². The topological polar surface area (TPSA) is 15.3 Å². The lowest BCUT2D eigenvalue weighted by Crippen LogP contribution is -2.62. The molecular formula is C18H36N2. The van der Waals surface area contributed by atoms with E-state index in [9.17, 15) is 0 Å². The fourth-order valence-electron chi connectivity index (χ4n) is 3.98. The molecule has 2 unspecified atom stereocenters. The summed E-state index contributed by atoms with van der Waals surface area (Å²) in [6.07, 6.45) is 7.33. The van der Waals surface area contributed by atoms with Crippen molar-refractivity contribution >= 4 is 0 Å². The summed E-state index contributed by atoms with van der Waals surface area (Å²) in [5.41, 5.74) is 0.368. The fourth-order valence-corrected chi connectivity index (χ4v) is 3.98. The van der Waals surface area contributed by atoms with Gasteiger partial charge in [0.2, 0.25) is 0 Å². The molecule has 1 saturated carbocycles. The third-order valence-electron chi connectivity index (χ3n) is 5.49. The highest BCUT2D eigenvalue weighted by atomic mass is 15.2. The van der Waals surface area contributed by atoms with E-state index in [1.165, 1.54) is 51.7 Å². The standard InChI is InChI=1S/C18H36N2/c1-14(2)16-11-19-17(18(3,4)5)13-20(16)12-15-9-7-6-8-10-15/h14-17,19H,6-13H2,1-5H3. The lowest BCUT2D eigenvalue weighted by molar-refractivity contribution is 0.0456. The van der Waals surface area contributed by atoms with Crippen LogP contribution in [0.25, 0.3) is 0 Å². The molecule has 2 nitrogen and oxygen atoms in total. The molecule has 20 heavy (non-hydrogen) atoms. The Morgan fingerprint density at radius 3 is 2.30 bits per heavy atom. The van der Waals surface area contributed by atoms with Crippen molar-refractivity contribution in [3.05, 3.63) is 0 Å². The Hall–Kier alpha value is -0.0800. The lowest BCUT2D eigenvalue weighted by Gasteiger charge is -2.47. The van der Waals surface area contributed by atoms with Gasteiger partial charge in [0.05, 0.1) is 0 Å².